The van der Waals surface area contributed by atoms with E-state index in [9.17, 15) is 5.11 Å². The van der Waals surface area contributed by atoms with Crippen LogP contribution in [0.5, 0.6) is 5.75 Å². The van der Waals surface area contributed by atoms with Crippen molar-refractivity contribution in [1.82, 2.24) is 5.32 Å². The van der Waals surface area contributed by atoms with Crippen molar-refractivity contribution in [3.05, 3.63) is 26.6 Å². The fourth-order valence-corrected chi connectivity index (χ4v) is 4.38. The Hall–Kier alpha value is -0.100. The average molecular weight is 421 g/mol. The number of rotatable bonds is 6. The number of benzene rings is 1. The molecule has 0 spiro atoms. The highest BCUT2D eigenvalue weighted by Crippen LogP contribution is 2.34. The Balaban J connectivity index is 1.85. The van der Waals surface area contributed by atoms with Crippen LogP contribution in [0.3, 0.4) is 0 Å². The van der Waals surface area contributed by atoms with Crippen LogP contribution in [-0.2, 0) is 6.54 Å². The summed E-state index contributed by atoms with van der Waals surface area (Å²) >= 11 is 7.12. The molecule has 0 amide bonds. The van der Waals surface area contributed by atoms with Crippen molar-refractivity contribution >= 4 is 31.9 Å². The Bertz CT molecular complexity index is 445. The molecule has 2 atom stereocenters. The highest BCUT2D eigenvalue weighted by Gasteiger charge is 2.19. The number of ether oxygens (including phenoxy) is 1. The molecule has 118 valence electrons. The van der Waals surface area contributed by atoms with E-state index in [1.54, 1.807) is 0 Å². The van der Waals surface area contributed by atoms with E-state index in [-0.39, 0.29) is 6.10 Å². The molecule has 0 aliphatic heterocycles. The second kappa shape index (κ2) is 8.51. The minimum absolute atomic E-state index is 0.0979. The lowest BCUT2D eigenvalue weighted by molar-refractivity contribution is 0.101. The van der Waals surface area contributed by atoms with Crippen molar-refractivity contribution < 1.29 is 9.84 Å². The lowest BCUT2D eigenvalue weighted by Gasteiger charge is -2.26. The minimum Gasteiger partial charge on any atom is -0.492 e. The van der Waals surface area contributed by atoms with Gasteiger partial charge in [0.1, 0.15) is 5.75 Å². The maximum absolute atomic E-state index is 9.70. The van der Waals surface area contributed by atoms with Crippen molar-refractivity contribution in [2.24, 2.45) is 5.92 Å². The van der Waals surface area contributed by atoms with Gasteiger partial charge in [0.15, 0.2) is 0 Å². The second-order valence-electron chi connectivity index (χ2n) is 5.64. The number of hydrogen-bond acceptors (Lipinski definition) is 3. The van der Waals surface area contributed by atoms with E-state index in [2.05, 4.69) is 49.3 Å². The van der Waals surface area contributed by atoms with E-state index in [4.69, 9.17) is 4.74 Å². The summed E-state index contributed by atoms with van der Waals surface area (Å²) in [5.74, 6) is 1.46. The van der Waals surface area contributed by atoms with Crippen molar-refractivity contribution in [3.63, 3.8) is 0 Å². The van der Waals surface area contributed by atoms with Gasteiger partial charge in [0, 0.05) is 6.54 Å². The van der Waals surface area contributed by atoms with Crippen LogP contribution < -0.4 is 10.1 Å². The first kappa shape index (κ1) is 17.3. The summed E-state index contributed by atoms with van der Waals surface area (Å²) in [6.07, 6.45) is 4.17. The Morgan fingerprint density at radius 2 is 2.00 bits per heavy atom. The number of nitrogens with one attached hydrogen (secondary N) is 1. The zero-order valence-corrected chi connectivity index (χ0v) is 15.5. The zero-order valence-electron chi connectivity index (χ0n) is 12.4. The molecule has 2 rings (SSSR count). The summed E-state index contributed by atoms with van der Waals surface area (Å²) in [5.41, 5.74) is 1.22. The molecule has 2 unspecified atom stereocenters. The molecule has 1 aromatic carbocycles. The topological polar surface area (TPSA) is 41.5 Å². The Morgan fingerprint density at radius 1 is 1.29 bits per heavy atom. The van der Waals surface area contributed by atoms with Crippen LogP contribution in [0.2, 0.25) is 0 Å². The second-order valence-corrected chi connectivity index (χ2v) is 7.35. The molecule has 1 aliphatic carbocycles. The first-order valence-electron chi connectivity index (χ1n) is 7.59. The van der Waals surface area contributed by atoms with Gasteiger partial charge in [0.25, 0.3) is 0 Å². The Kier molecular flexibility index (Phi) is 6.99. The van der Waals surface area contributed by atoms with Crippen molar-refractivity contribution in [3.8, 4) is 5.75 Å². The standard InChI is InChI=1S/C16H23Br2NO2/c1-2-21-16-14(17)7-12(8-15(16)18)10-19-9-11-4-3-5-13(20)6-11/h7-8,11,13,19-20H,2-6,9-10H2,1H3. The SMILES string of the molecule is CCOc1c(Br)cc(CNCC2CCCC(O)C2)cc1Br. The Labute approximate surface area is 143 Å². The molecule has 2 N–H and O–H groups in total. The van der Waals surface area contributed by atoms with E-state index in [0.717, 1.165) is 47.0 Å². The highest BCUT2D eigenvalue weighted by molar-refractivity contribution is 9.11. The molecule has 0 saturated heterocycles. The number of aliphatic hydroxyl groups excluding tert-OH is 1. The fourth-order valence-electron chi connectivity index (χ4n) is 2.87. The molecule has 1 aliphatic rings. The van der Waals surface area contributed by atoms with E-state index in [1.807, 2.05) is 6.92 Å². The predicted molar refractivity (Wildman–Crippen MR) is 92.7 cm³/mol. The molecule has 1 fully saturated rings. The highest BCUT2D eigenvalue weighted by atomic mass is 79.9. The van der Waals surface area contributed by atoms with E-state index >= 15 is 0 Å². The summed E-state index contributed by atoms with van der Waals surface area (Å²) in [6.45, 7) is 4.43. The van der Waals surface area contributed by atoms with E-state index < -0.39 is 0 Å². The van der Waals surface area contributed by atoms with Gasteiger partial charge in [-0.05, 0) is 88.2 Å². The molecule has 5 heteroatoms. The summed E-state index contributed by atoms with van der Waals surface area (Å²) in [6, 6.07) is 4.19. The van der Waals surface area contributed by atoms with Gasteiger partial charge in [-0.25, -0.2) is 0 Å². The molecule has 21 heavy (non-hydrogen) atoms. The maximum atomic E-state index is 9.70. The van der Waals surface area contributed by atoms with Gasteiger partial charge >= 0.3 is 0 Å². The molecule has 0 radical (unpaired) electrons. The van der Waals surface area contributed by atoms with Crippen LogP contribution in [0.25, 0.3) is 0 Å². The van der Waals surface area contributed by atoms with Gasteiger partial charge in [-0.3, -0.25) is 0 Å². The smallest absolute Gasteiger partial charge is 0.147 e. The summed E-state index contributed by atoms with van der Waals surface area (Å²) in [5, 5.41) is 13.2. The monoisotopic (exact) mass is 419 g/mol. The van der Waals surface area contributed by atoms with E-state index in [0.29, 0.717) is 12.5 Å². The van der Waals surface area contributed by atoms with E-state index in [1.165, 1.54) is 12.0 Å². The van der Waals surface area contributed by atoms with Gasteiger partial charge in [0.2, 0.25) is 0 Å². The van der Waals surface area contributed by atoms with Crippen molar-refractivity contribution in [2.75, 3.05) is 13.2 Å². The van der Waals surface area contributed by atoms with Crippen LogP contribution in [0.1, 0.15) is 38.2 Å². The lowest BCUT2D eigenvalue weighted by atomic mass is 9.87. The van der Waals surface area contributed by atoms with Crippen LogP contribution in [0.15, 0.2) is 21.1 Å². The third-order valence-corrected chi connectivity index (χ3v) is 5.04. The minimum atomic E-state index is -0.0979. The quantitative estimate of drug-likeness (QED) is 0.722. The maximum Gasteiger partial charge on any atom is 0.147 e. The molecule has 0 bridgehead atoms. The number of halogens is 2. The third kappa shape index (κ3) is 5.23. The largest absolute Gasteiger partial charge is 0.492 e. The van der Waals surface area contributed by atoms with Gasteiger partial charge in [-0.15, -0.1) is 0 Å². The van der Waals surface area contributed by atoms with Gasteiger partial charge in [0.05, 0.1) is 21.7 Å². The summed E-state index contributed by atoms with van der Waals surface area (Å²) in [4.78, 5) is 0. The van der Waals surface area contributed by atoms with Crippen LogP contribution in [-0.4, -0.2) is 24.4 Å². The van der Waals surface area contributed by atoms with Crippen LogP contribution in [0.4, 0.5) is 0 Å². The van der Waals surface area contributed by atoms with Gasteiger partial charge in [-0.1, -0.05) is 6.42 Å². The van der Waals surface area contributed by atoms with Crippen LogP contribution in [0, 0.1) is 5.92 Å². The molecular formula is C16H23Br2NO2. The summed E-state index contributed by atoms with van der Waals surface area (Å²) < 4.78 is 7.54. The fraction of sp³-hybridized carbons (Fsp3) is 0.625. The molecule has 1 saturated carbocycles. The number of hydrogen-bond donors (Lipinski definition) is 2. The molecule has 1 aromatic rings. The normalized spacial score (nSPS) is 22.3. The first-order valence-corrected chi connectivity index (χ1v) is 9.18. The van der Waals surface area contributed by atoms with Gasteiger partial charge in [-0.2, -0.15) is 0 Å². The van der Waals surface area contributed by atoms with Crippen molar-refractivity contribution in [1.29, 1.82) is 0 Å². The first-order chi connectivity index (χ1) is 10.1. The summed E-state index contributed by atoms with van der Waals surface area (Å²) in [7, 11) is 0. The molecular weight excluding hydrogens is 398 g/mol. The number of aliphatic hydroxyl groups is 1. The predicted octanol–water partition coefficient (Wildman–Crippen LogP) is 4.25. The molecule has 3 nitrogen and oxygen atoms in total. The van der Waals surface area contributed by atoms with Crippen molar-refractivity contribution in [2.45, 2.75) is 45.3 Å². The zero-order chi connectivity index (χ0) is 15.2. The molecule has 0 aromatic heterocycles. The Morgan fingerprint density at radius 3 is 2.62 bits per heavy atom. The lowest BCUT2D eigenvalue weighted by Crippen LogP contribution is -2.28. The van der Waals surface area contributed by atoms with Gasteiger partial charge < -0.3 is 15.2 Å². The van der Waals surface area contributed by atoms with Crippen LogP contribution >= 0.6 is 31.9 Å². The third-order valence-electron chi connectivity index (χ3n) is 3.86. The average Bonchev–Trinajstić information content (AvgIpc) is 2.43. The molecule has 0 heterocycles.